The molecule has 0 heterocycles. The highest BCUT2D eigenvalue weighted by molar-refractivity contribution is 6.13. The maximum absolute atomic E-state index is 12.5. The molecule has 4 nitrogen and oxygen atoms in total. The van der Waals surface area contributed by atoms with Gasteiger partial charge < -0.3 is 10.4 Å². The van der Waals surface area contributed by atoms with Gasteiger partial charge in [-0.1, -0.05) is 36.4 Å². The zero-order chi connectivity index (χ0) is 14.1. The van der Waals surface area contributed by atoms with Crippen LogP contribution in [0.15, 0.2) is 42.5 Å². The Kier molecular flexibility index (Phi) is 2.99. The smallest absolute Gasteiger partial charge is 0.322 e. The molecule has 1 aliphatic carbocycles. The van der Waals surface area contributed by atoms with E-state index in [4.69, 9.17) is 5.11 Å². The molecular formula is C16H13NO3. The van der Waals surface area contributed by atoms with Gasteiger partial charge in [-0.15, -0.1) is 0 Å². The summed E-state index contributed by atoms with van der Waals surface area (Å²) >= 11 is 0. The minimum atomic E-state index is -0.926. The molecule has 0 aromatic heterocycles. The molecule has 0 amide bonds. The van der Waals surface area contributed by atoms with E-state index in [1.807, 2.05) is 30.3 Å². The first-order chi connectivity index (χ1) is 9.66. The van der Waals surface area contributed by atoms with Gasteiger partial charge in [0, 0.05) is 23.2 Å². The summed E-state index contributed by atoms with van der Waals surface area (Å²) < 4.78 is 0. The molecular weight excluding hydrogens is 254 g/mol. The van der Waals surface area contributed by atoms with Crippen molar-refractivity contribution in [2.75, 3.05) is 11.9 Å². The van der Waals surface area contributed by atoms with Crippen LogP contribution in [0.1, 0.15) is 27.0 Å². The van der Waals surface area contributed by atoms with Crippen molar-refractivity contribution >= 4 is 17.4 Å². The number of ketones is 1. The van der Waals surface area contributed by atoms with Crippen molar-refractivity contribution in [3.63, 3.8) is 0 Å². The number of benzene rings is 2. The lowest BCUT2D eigenvalue weighted by Crippen LogP contribution is -2.19. The molecule has 2 aromatic carbocycles. The van der Waals surface area contributed by atoms with Crippen molar-refractivity contribution in [3.05, 3.63) is 64.7 Å². The molecule has 0 saturated carbocycles. The van der Waals surface area contributed by atoms with Crippen LogP contribution >= 0.6 is 0 Å². The van der Waals surface area contributed by atoms with E-state index < -0.39 is 5.97 Å². The number of hydrogen-bond donors (Lipinski definition) is 2. The molecule has 0 unspecified atom stereocenters. The topological polar surface area (TPSA) is 66.4 Å². The first kappa shape index (κ1) is 12.4. The fourth-order valence-electron chi connectivity index (χ4n) is 2.56. The van der Waals surface area contributed by atoms with E-state index in [0.717, 1.165) is 16.7 Å². The number of rotatable bonds is 3. The van der Waals surface area contributed by atoms with Crippen LogP contribution < -0.4 is 5.32 Å². The van der Waals surface area contributed by atoms with Crippen LogP contribution in [0.4, 0.5) is 5.69 Å². The number of aliphatic carboxylic acids is 1. The number of nitrogens with one attached hydrogen (secondary N) is 1. The van der Waals surface area contributed by atoms with Crippen LogP contribution in [0.5, 0.6) is 0 Å². The Hall–Kier alpha value is -2.62. The zero-order valence-electron chi connectivity index (χ0n) is 10.7. The molecule has 3 rings (SSSR count). The van der Waals surface area contributed by atoms with Crippen molar-refractivity contribution in [2.45, 2.75) is 6.42 Å². The van der Waals surface area contributed by atoms with Crippen LogP contribution in [0.25, 0.3) is 0 Å². The van der Waals surface area contributed by atoms with Crippen LogP contribution in [0, 0.1) is 0 Å². The lowest BCUT2D eigenvalue weighted by molar-refractivity contribution is -0.134. The van der Waals surface area contributed by atoms with Crippen molar-refractivity contribution < 1.29 is 14.7 Å². The van der Waals surface area contributed by atoms with Gasteiger partial charge in [0.05, 0.1) is 0 Å². The molecule has 0 saturated heterocycles. The average molecular weight is 267 g/mol. The quantitative estimate of drug-likeness (QED) is 0.764. The predicted octanol–water partition coefficient (Wildman–Crippen LogP) is 2.32. The minimum Gasteiger partial charge on any atom is -0.480 e. The van der Waals surface area contributed by atoms with Gasteiger partial charge in [-0.2, -0.15) is 0 Å². The van der Waals surface area contributed by atoms with Crippen LogP contribution in [-0.2, 0) is 11.2 Å². The van der Waals surface area contributed by atoms with E-state index in [9.17, 15) is 9.59 Å². The number of carboxylic acids is 1. The standard InChI is InChI=1S/C16H13NO3/c18-15(19)9-17-14-7-3-6-12-13(14)8-10-4-1-2-5-11(10)16(12)20/h1-7,17H,8-9H2,(H,18,19). The van der Waals surface area contributed by atoms with Crippen molar-refractivity contribution in [1.29, 1.82) is 0 Å². The summed E-state index contributed by atoms with van der Waals surface area (Å²) in [6, 6.07) is 12.9. The highest BCUT2D eigenvalue weighted by Crippen LogP contribution is 2.31. The second-order valence-corrected chi connectivity index (χ2v) is 4.74. The van der Waals surface area contributed by atoms with E-state index in [2.05, 4.69) is 5.32 Å². The van der Waals surface area contributed by atoms with E-state index in [1.54, 1.807) is 12.1 Å². The number of fused-ring (bicyclic) bond motifs is 2. The maximum Gasteiger partial charge on any atom is 0.322 e. The largest absolute Gasteiger partial charge is 0.480 e. The average Bonchev–Trinajstić information content (AvgIpc) is 2.45. The second kappa shape index (κ2) is 4.81. The maximum atomic E-state index is 12.5. The van der Waals surface area contributed by atoms with Gasteiger partial charge in [-0.25, -0.2) is 0 Å². The minimum absolute atomic E-state index is 0.000764. The molecule has 2 N–H and O–H groups in total. The van der Waals surface area contributed by atoms with E-state index >= 15 is 0 Å². The van der Waals surface area contributed by atoms with E-state index in [0.29, 0.717) is 17.7 Å². The van der Waals surface area contributed by atoms with E-state index in [-0.39, 0.29) is 12.3 Å². The van der Waals surface area contributed by atoms with Gasteiger partial charge in [-0.3, -0.25) is 9.59 Å². The molecule has 0 spiro atoms. The molecule has 1 aliphatic rings. The van der Waals surface area contributed by atoms with Crippen molar-refractivity contribution in [1.82, 2.24) is 0 Å². The van der Waals surface area contributed by atoms with Gasteiger partial charge >= 0.3 is 5.97 Å². The lowest BCUT2D eigenvalue weighted by Gasteiger charge is -2.21. The number of anilines is 1. The SMILES string of the molecule is O=C(O)CNc1cccc2c1Cc1ccccc1C2=O. The number of hydrogen-bond acceptors (Lipinski definition) is 3. The molecule has 20 heavy (non-hydrogen) atoms. The van der Waals surface area contributed by atoms with Crippen LogP contribution in [0.3, 0.4) is 0 Å². The molecule has 0 radical (unpaired) electrons. The summed E-state index contributed by atoms with van der Waals surface area (Å²) in [4.78, 5) is 23.1. The Morgan fingerprint density at radius 3 is 2.65 bits per heavy atom. The Balaban J connectivity index is 2.04. The summed E-state index contributed by atoms with van der Waals surface area (Å²) in [6.07, 6.45) is 0.639. The summed E-state index contributed by atoms with van der Waals surface area (Å²) in [7, 11) is 0. The van der Waals surface area contributed by atoms with Gasteiger partial charge in [0.25, 0.3) is 0 Å². The van der Waals surface area contributed by atoms with Crippen LogP contribution in [-0.4, -0.2) is 23.4 Å². The highest BCUT2D eigenvalue weighted by Gasteiger charge is 2.24. The molecule has 0 fully saturated rings. The summed E-state index contributed by atoms with van der Waals surface area (Å²) in [6.45, 7) is -0.160. The Morgan fingerprint density at radius 2 is 1.85 bits per heavy atom. The predicted molar refractivity (Wildman–Crippen MR) is 75.2 cm³/mol. The summed E-state index contributed by atoms with van der Waals surface area (Å²) in [5, 5.41) is 11.6. The Labute approximate surface area is 116 Å². The molecule has 0 atom stereocenters. The van der Waals surface area contributed by atoms with Gasteiger partial charge in [-0.05, 0) is 17.2 Å². The monoisotopic (exact) mass is 267 g/mol. The third kappa shape index (κ3) is 2.05. The first-order valence-corrected chi connectivity index (χ1v) is 6.37. The third-order valence-electron chi connectivity index (χ3n) is 3.48. The third-order valence-corrected chi connectivity index (χ3v) is 3.48. The molecule has 100 valence electrons. The molecule has 4 heteroatoms. The van der Waals surface area contributed by atoms with Crippen molar-refractivity contribution in [3.8, 4) is 0 Å². The van der Waals surface area contributed by atoms with Crippen molar-refractivity contribution in [2.24, 2.45) is 0 Å². The number of carboxylic acid groups (broad SMARTS) is 1. The van der Waals surface area contributed by atoms with Gasteiger partial charge in [0.2, 0.25) is 0 Å². The summed E-state index contributed by atoms with van der Waals surface area (Å²) in [5.41, 5.74) is 3.95. The first-order valence-electron chi connectivity index (χ1n) is 6.37. The Bertz CT molecular complexity index is 707. The lowest BCUT2D eigenvalue weighted by atomic mass is 9.84. The zero-order valence-corrected chi connectivity index (χ0v) is 10.7. The van der Waals surface area contributed by atoms with Gasteiger partial charge in [0.15, 0.2) is 5.78 Å². The van der Waals surface area contributed by atoms with Gasteiger partial charge in [0.1, 0.15) is 6.54 Å². The number of carbonyl (C=O) groups is 2. The highest BCUT2D eigenvalue weighted by atomic mass is 16.4. The fraction of sp³-hybridized carbons (Fsp3) is 0.125. The number of carbonyl (C=O) groups excluding carboxylic acids is 1. The normalized spacial score (nSPS) is 12.5. The Morgan fingerprint density at radius 1 is 1.10 bits per heavy atom. The van der Waals surface area contributed by atoms with E-state index in [1.165, 1.54) is 0 Å². The second-order valence-electron chi connectivity index (χ2n) is 4.74. The summed E-state index contributed by atoms with van der Waals surface area (Å²) in [5.74, 6) is -0.925. The van der Waals surface area contributed by atoms with Crippen LogP contribution in [0.2, 0.25) is 0 Å². The fourth-order valence-corrected chi connectivity index (χ4v) is 2.56. The molecule has 0 aliphatic heterocycles. The molecule has 0 bridgehead atoms. The molecule has 2 aromatic rings.